The summed E-state index contributed by atoms with van der Waals surface area (Å²) in [5.41, 5.74) is 1.67. The number of likely N-dealkylation sites (tertiary alicyclic amines) is 1. The van der Waals surface area contributed by atoms with Crippen LogP contribution >= 0.6 is 0 Å². The molecule has 1 aliphatic heterocycles. The van der Waals surface area contributed by atoms with E-state index >= 15 is 0 Å². The molecule has 1 saturated heterocycles. The molecule has 1 aliphatic rings. The van der Waals surface area contributed by atoms with Gasteiger partial charge in [-0.05, 0) is 12.1 Å². The zero-order valence-corrected chi connectivity index (χ0v) is 15.0. The normalized spacial score (nSPS) is 16.9. The fourth-order valence-corrected chi connectivity index (χ4v) is 2.99. The second-order valence-electron chi connectivity index (χ2n) is 6.37. The number of amides is 2. The number of methoxy groups -OCH3 is 1. The molecule has 0 saturated carbocycles. The molecule has 2 aromatic rings. The van der Waals surface area contributed by atoms with Crippen molar-refractivity contribution in [2.45, 2.75) is 19.4 Å². The minimum Gasteiger partial charge on any atom is -0.384 e. The molecule has 0 aromatic carbocycles. The molecule has 1 unspecified atom stereocenters. The van der Waals surface area contributed by atoms with E-state index in [1.807, 2.05) is 24.3 Å². The van der Waals surface area contributed by atoms with Crippen LogP contribution in [0.4, 0.5) is 5.82 Å². The average Bonchev–Trinajstić information content (AvgIpc) is 3.17. The summed E-state index contributed by atoms with van der Waals surface area (Å²) in [6.07, 6.45) is 2.59. The number of anilines is 1. The molecule has 3 rings (SSSR count). The lowest BCUT2D eigenvalue weighted by Crippen LogP contribution is -2.28. The van der Waals surface area contributed by atoms with Crippen LogP contribution in [0.2, 0.25) is 0 Å². The molecule has 138 valence electrons. The van der Waals surface area contributed by atoms with Gasteiger partial charge in [-0.1, -0.05) is 6.07 Å². The second kappa shape index (κ2) is 8.09. The molecule has 1 fully saturated rings. The third-order valence-electron chi connectivity index (χ3n) is 4.41. The SMILES string of the molecule is COCCc1cc(NC(=O)C2CC(=O)N(Cc3ccccn3)C2)n(C)n1. The predicted octanol–water partition coefficient (Wildman–Crippen LogP) is 0.991. The predicted molar refractivity (Wildman–Crippen MR) is 95.2 cm³/mol. The highest BCUT2D eigenvalue weighted by atomic mass is 16.5. The van der Waals surface area contributed by atoms with Crippen LogP contribution in [0, 0.1) is 5.92 Å². The van der Waals surface area contributed by atoms with Gasteiger partial charge in [0.25, 0.3) is 0 Å². The Hall–Kier alpha value is -2.74. The van der Waals surface area contributed by atoms with Gasteiger partial charge >= 0.3 is 0 Å². The van der Waals surface area contributed by atoms with E-state index in [1.165, 1.54) is 0 Å². The number of hydrogen-bond donors (Lipinski definition) is 1. The minimum atomic E-state index is -0.372. The van der Waals surface area contributed by atoms with E-state index in [4.69, 9.17) is 4.74 Å². The lowest BCUT2D eigenvalue weighted by molar-refractivity contribution is -0.128. The summed E-state index contributed by atoms with van der Waals surface area (Å²) in [5.74, 6) is 0.0602. The molecule has 2 aromatic heterocycles. The number of ether oxygens (including phenoxy) is 1. The van der Waals surface area contributed by atoms with Crippen LogP contribution in [0.5, 0.6) is 0 Å². The third-order valence-corrected chi connectivity index (χ3v) is 4.41. The number of aryl methyl sites for hydroxylation is 1. The van der Waals surface area contributed by atoms with E-state index in [-0.39, 0.29) is 24.2 Å². The van der Waals surface area contributed by atoms with Gasteiger partial charge in [-0.2, -0.15) is 5.10 Å². The molecule has 0 radical (unpaired) electrons. The number of hydrogen-bond acceptors (Lipinski definition) is 5. The fourth-order valence-electron chi connectivity index (χ4n) is 2.99. The Morgan fingerprint density at radius 1 is 1.38 bits per heavy atom. The molecule has 8 nitrogen and oxygen atoms in total. The summed E-state index contributed by atoms with van der Waals surface area (Å²) >= 11 is 0. The Kier molecular flexibility index (Phi) is 5.62. The van der Waals surface area contributed by atoms with Crippen molar-refractivity contribution in [1.29, 1.82) is 0 Å². The van der Waals surface area contributed by atoms with E-state index < -0.39 is 0 Å². The van der Waals surface area contributed by atoms with Crippen molar-refractivity contribution in [1.82, 2.24) is 19.7 Å². The number of nitrogens with zero attached hydrogens (tertiary/aromatic N) is 4. The highest BCUT2D eigenvalue weighted by Gasteiger charge is 2.34. The highest BCUT2D eigenvalue weighted by Crippen LogP contribution is 2.21. The first-order valence-electron chi connectivity index (χ1n) is 8.57. The molecule has 2 amide bonds. The summed E-state index contributed by atoms with van der Waals surface area (Å²) in [6, 6.07) is 7.42. The van der Waals surface area contributed by atoms with Crippen molar-refractivity contribution in [2.75, 3.05) is 25.6 Å². The standard InChI is InChI=1S/C18H23N5O3/c1-22-16(10-14(21-22)6-8-26-2)20-18(25)13-9-17(24)23(11-13)12-15-5-3-4-7-19-15/h3-5,7,10,13H,6,8-9,11-12H2,1-2H3,(H,20,25). The molecule has 0 aliphatic carbocycles. The maximum Gasteiger partial charge on any atom is 0.230 e. The Balaban J connectivity index is 1.59. The molecular formula is C18H23N5O3. The number of carbonyl (C=O) groups excluding carboxylic acids is 2. The molecule has 1 atom stereocenters. The van der Waals surface area contributed by atoms with Crippen LogP contribution in [0.25, 0.3) is 0 Å². The van der Waals surface area contributed by atoms with Gasteiger partial charge in [-0.25, -0.2) is 0 Å². The second-order valence-corrected chi connectivity index (χ2v) is 6.37. The van der Waals surface area contributed by atoms with Crippen LogP contribution in [-0.2, 0) is 34.3 Å². The monoisotopic (exact) mass is 357 g/mol. The van der Waals surface area contributed by atoms with Gasteiger partial charge in [0, 0.05) is 45.8 Å². The summed E-state index contributed by atoms with van der Waals surface area (Å²) in [7, 11) is 3.42. The van der Waals surface area contributed by atoms with Gasteiger partial charge in [-0.15, -0.1) is 0 Å². The first-order chi connectivity index (χ1) is 12.6. The average molecular weight is 357 g/mol. The smallest absolute Gasteiger partial charge is 0.230 e. The van der Waals surface area contributed by atoms with Crippen molar-refractivity contribution in [3.05, 3.63) is 41.9 Å². The van der Waals surface area contributed by atoms with Gasteiger partial charge < -0.3 is 15.0 Å². The number of pyridine rings is 1. The van der Waals surface area contributed by atoms with Crippen LogP contribution < -0.4 is 5.32 Å². The van der Waals surface area contributed by atoms with E-state index in [0.29, 0.717) is 31.9 Å². The van der Waals surface area contributed by atoms with Crippen LogP contribution in [0.15, 0.2) is 30.5 Å². The largest absolute Gasteiger partial charge is 0.384 e. The Labute approximate surface area is 152 Å². The molecule has 3 heterocycles. The molecule has 26 heavy (non-hydrogen) atoms. The first kappa shape index (κ1) is 18.1. The molecule has 0 bridgehead atoms. The van der Waals surface area contributed by atoms with Crippen molar-refractivity contribution in [3.63, 3.8) is 0 Å². The Morgan fingerprint density at radius 2 is 2.23 bits per heavy atom. The van der Waals surface area contributed by atoms with Crippen LogP contribution in [-0.4, -0.2) is 51.7 Å². The maximum atomic E-state index is 12.6. The van der Waals surface area contributed by atoms with Gasteiger partial charge in [0.1, 0.15) is 5.82 Å². The topological polar surface area (TPSA) is 89.4 Å². The molecule has 8 heteroatoms. The zero-order chi connectivity index (χ0) is 18.5. The van der Waals surface area contributed by atoms with Gasteiger partial charge in [0.15, 0.2) is 0 Å². The Bertz CT molecular complexity index is 774. The summed E-state index contributed by atoms with van der Waals surface area (Å²) < 4.78 is 6.68. The lowest BCUT2D eigenvalue weighted by atomic mass is 10.1. The minimum absolute atomic E-state index is 0.0263. The van der Waals surface area contributed by atoms with Gasteiger partial charge in [-0.3, -0.25) is 19.3 Å². The fraction of sp³-hybridized carbons (Fsp3) is 0.444. The van der Waals surface area contributed by atoms with Gasteiger partial charge in [0.2, 0.25) is 11.8 Å². The van der Waals surface area contributed by atoms with E-state index in [9.17, 15) is 9.59 Å². The van der Waals surface area contributed by atoms with Crippen LogP contribution in [0.1, 0.15) is 17.8 Å². The number of aromatic nitrogens is 3. The highest BCUT2D eigenvalue weighted by molar-refractivity contribution is 5.96. The van der Waals surface area contributed by atoms with Crippen molar-refractivity contribution in [3.8, 4) is 0 Å². The molecule has 0 spiro atoms. The van der Waals surface area contributed by atoms with E-state index in [1.54, 1.807) is 29.9 Å². The number of carbonyl (C=O) groups is 2. The molecule has 1 N–H and O–H groups in total. The van der Waals surface area contributed by atoms with Gasteiger partial charge in [0.05, 0.1) is 30.5 Å². The molecular weight excluding hydrogens is 334 g/mol. The number of rotatable bonds is 7. The van der Waals surface area contributed by atoms with Crippen LogP contribution in [0.3, 0.4) is 0 Å². The quantitative estimate of drug-likeness (QED) is 0.798. The van der Waals surface area contributed by atoms with E-state index in [0.717, 1.165) is 11.4 Å². The maximum absolute atomic E-state index is 12.6. The lowest BCUT2D eigenvalue weighted by Gasteiger charge is -2.16. The number of nitrogens with one attached hydrogen (secondary N) is 1. The summed E-state index contributed by atoms with van der Waals surface area (Å²) in [6.45, 7) is 1.40. The van der Waals surface area contributed by atoms with Crippen molar-refractivity contribution in [2.24, 2.45) is 13.0 Å². The summed E-state index contributed by atoms with van der Waals surface area (Å²) in [5, 5.41) is 7.23. The van der Waals surface area contributed by atoms with E-state index in [2.05, 4.69) is 15.4 Å². The Morgan fingerprint density at radius 3 is 2.96 bits per heavy atom. The third kappa shape index (κ3) is 4.26. The van der Waals surface area contributed by atoms with Crippen molar-refractivity contribution < 1.29 is 14.3 Å². The summed E-state index contributed by atoms with van der Waals surface area (Å²) in [4.78, 5) is 30.7. The zero-order valence-electron chi connectivity index (χ0n) is 15.0. The first-order valence-corrected chi connectivity index (χ1v) is 8.57. The van der Waals surface area contributed by atoms with Crippen molar-refractivity contribution >= 4 is 17.6 Å².